The summed E-state index contributed by atoms with van der Waals surface area (Å²) < 4.78 is 5.26. The highest BCUT2D eigenvalue weighted by Crippen LogP contribution is 2.18. The van der Waals surface area contributed by atoms with Crippen LogP contribution in [0.4, 0.5) is 0 Å². The Kier molecular flexibility index (Phi) is 4.58. The first-order valence-corrected chi connectivity index (χ1v) is 6.57. The second-order valence-corrected chi connectivity index (χ2v) is 4.47. The molecule has 0 unspecified atom stereocenters. The van der Waals surface area contributed by atoms with Crippen LogP contribution in [0.15, 0.2) is 35.5 Å². The fraction of sp³-hybridized carbons (Fsp3) is 0.333. The molecule has 0 saturated carbocycles. The molecule has 2 aromatic rings. The van der Waals surface area contributed by atoms with E-state index in [0.717, 1.165) is 35.5 Å². The number of ether oxygens (including phenoxy) is 1. The summed E-state index contributed by atoms with van der Waals surface area (Å²) in [6.07, 6.45) is 0. The maximum atomic E-state index is 5.26. The van der Waals surface area contributed by atoms with E-state index in [4.69, 9.17) is 4.74 Å². The van der Waals surface area contributed by atoms with E-state index in [1.54, 1.807) is 11.8 Å². The molecule has 0 aliphatic heterocycles. The van der Waals surface area contributed by atoms with E-state index in [1.165, 1.54) is 0 Å². The number of nitrogens with one attached hydrogen (secondary N) is 1. The summed E-state index contributed by atoms with van der Waals surface area (Å²) in [5.41, 5.74) is 1.05. The van der Waals surface area contributed by atoms with Gasteiger partial charge in [0, 0.05) is 17.9 Å². The molecule has 0 aliphatic carbocycles. The van der Waals surface area contributed by atoms with Crippen molar-refractivity contribution in [2.24, 2.45) is 0 Å². The van der Waals surface area contributed by atoms with Crippen molar-refractivity contribution >= 4 is 11.8 Å². The summed E-state index contributed by atoms with van der Waals surface area (Å²) in [5.74, 6) is 1.70. The standard InChI is InChI=1S/C12H15N3OS/c1-2-16-8-9-17-12-13-11(14-15-12)10-6-4-3-5-7-10/h3-7H,2,8-9H2,1H3,(H,13,14,15). The summed E-state index contributed by atoms with van der Waals surface area (Å²) in [4.78, 5) is 3.19. The maximum absolute atomic E-state index is 5.26. The molecule has 0 bridgehead atoms. The quantitative estimate of drug-likeness (QED) is 0.631. The lowest BCUT2D eigenvalue weighted by Crippen LogP contribution is -1.96. The van der Waals surface area contributed by atoms with Gasteiger partial charge in [0.15, 0.2) is 11.0 Å². The van der Waals surface area contributed by atoms with Crippen LogP contribution in [-0.2, 0) is 4.74 Å². The lowest BCUT2D eigenvalue weighted by molar-refractivity contribution is 0.164. The van der Waals surface area contributed by atoms with Gasteiger partial charge in [-0.1, -0.05) is 42.1 Å². The van der Waals surface area contributed by atoms with Gasteiger partial charge in [0.25, 0.3) is 0 Å². The molecule has 1 aromatic carbocycles. The average molecular weight is 249 g/mol. The number of hydrogen-bond donors (Lipinski definition) is 1. The average Bonchev–Trinajstić information content (AvgIpc) is 2.85. The van der Waals surface area contributed by atoms with Gasteiger partial charge in [-0.3, -0.25) is 0 Å². The monoisotopic (exact) mass is 249 g/mol. The number of hydrogen-bond acceptors (Lipinski definition) is 4. The van der Waals surface area contributed by atoms with E-state index < -0.39 is 0 Å². The van der Waals surface area contributed by atoms with Crippen LogP contribution in [0.3, 0.4) is 0 Å². The van der Waals surface area contributed by atoms with Gasteiger partial charge in [0.05, 0.1) is 6.61 Å². The Balaban J connectivity index is 1.92. The molecule has 0 fully saturated rings. The highest BCUT2D eigenvalue weighted by molar-refractivity contribution is 7.99. The second kappa shape index (κ2) is 6.42. The summed E-state index contributed by atoms with van der Waals surface area (Å²) in [6.45, 7) is 3.49. The highest BCUT2D eigenvalue weighted by Gasteiger charge is 2.04. The predicted octanol–water partition coefficient (Wildman–Crippen LogP) is 2.60. The molecule has 5 heteroatoms. The number of aromatic nitrogens is 3. The van der Waals surface area contributed by atoms with E-state index >= 15 is 0 Å². The fourth-order valence-corrected chi connectivity index (χ4v) is 2.04. The molecule has 0 aliphatic rings. The van der Waals surface area contributed by atoms with Gasteiger partial charge in [-0.15, -0.1) is 10.2 Å². The van der Waals surface area contributed by atoms with Crippen molar-refractivity contribution in [2.75, 3.05) is 19.0 Å². The van der Waals surface area contributed by atoms with Crippen LogP contribution in [0.1, 0.15) is 6.92 Å². The number of H-pyrrole nitrogens is 1. The van der Waals surface area contributed by atoms with Crippen LogP contribution in [-0.4, -0.2) is 34.1 Å². The summed E-state index contributed by atoms with van der Waals surface area (Å²) in [7, 11) is 0. The van der Waals surface area contributed by atoms with Crippen LogP contribution in [0.5, 0.6) is 0 Å². The smallest absolute Gasteiger partial charge is 0.188 e. The third kappa shape index (κ3) is 3.57. The van der Waals surface area contributed by atoms with Crippen molar-refractivity contribution in [1.82, 2.24) is 15.2 Å². The first-order valence-electron chi connectivity index (χ1n) is 5.59. The highest BCUT2D eigenvalue weighted by atomic mass is 32.2. The first-order chi connectivity index (χ1) is 8.40. The number of aromatic amines is 1. The molecule has 2 rings (SSSR count). The summed E-state index contributed by atoms with van der Waals surface area (Å²) in [6, 6.07) is 9.97. The molecule has 0 amide bonds. The van der Waals surface area contributed by atoms with Gasteiger partial charge in [0.1, 0.15) is 0 Å². The minimum atomic E-state index is 0.739. The minimum Gasteiger partial charge on any atom is -0.381 e. The Morgan fingerprint density at radius 2 is 2.06 bits per heavy atom. The van der Waals surface area contributed by atoms with Crippen molar-refractivity contribution in [3.63, 3.8) is 0 Å². The third-order valence-electron chi connectivity index (χ3n) is 2.18. The zero-order valence-electron chi connectivity index (χ0n) is 9.72. The molecule has 90 valence electrons. The number of rotatable bonds is 6. The molecule has 1 aromatic heterocycles. The molecule has 17 heavy (non-hydrogen) atoms. The maximum Gasteiger partial charge on any atom is 0.188 e. The molecule has 0 spiro atoms. The van der Waals surface area contributed by atoms with Crippen molar-refractivity contribution in [2.45, 2.75) is 12.1 Å². The minimum absolute atomic E-state index is 0.739. The molecule has 0 atom stereocenters. The van der Waals surface area contributed by atoms with Crippen LogP contribution >= 0.6 is 11.8 Å². The molecule has 0 radical (unpaired) electrons. The van der Waals surface area contributed by atoms with E-state index in [0.29, 0.717) is 0 Å². The van der Waals surface area contributed by atoms with Gasteiger partial charge < -0.3 is 9.72 Å². The molecular formula is C12H15N3OS. The molecule has 4 nitrogen and oxygen atoms in total. The van der Waals surface area contributed by atoms with E-state index in [-0.39, 0.29) is 0 Å². The van der Waals surface area contributed by atoms with Crippen molar-refractivity contribution in [1.29, 1.82) is 0 Å². The zero-order valence-corrected chi connectivity index (χ0v) is 10.5. The number of thioether (sulfide) groups is 1. The van der Waals surface area contributed by atoms with E-state index in [1.807, 2.05) is 37.3 Å². The van der Waals surface area contributed by atoms with Crippen molar-refractivity contribution in [3.05, 3.63) is 30.3 Å². The largest absolute Gasteiger partial charge is 0.381 e. The summed E-state index contributed by atoms with van der Waals surface area (Å²) >= 11 is 1.62. The normalized spacial score (nSPS) is 10.6. The second-order valence-electron chi connectivity index (χ2n) is 3.39. The van der Waals surface area contributed by atoms with Gasteiger partial charge in [-0.25, -0.2) is 0 Å². The molecule has 1 N–H and O–H groups in total. The van der Waals surface area contributed by atoms with E-state index in [9.17, 15) is 0 Å². The Morgan fingerprint density at radius 1 is 1.24 bits per heavy atom. The zero-order chi connectivity index (χ0) is 11.9. The lowest BCUT2D eigenvalue weighted by atomic mass is 10.2. The Hall–Kier alpha value is -1.33. The van der Waals surface area contributed by atoms with Crippen LogP contribution in [0, 0.1) is 0 Å². The van der Waals surface area contributed by atoms with Gasteiger partial charge in [0.2, 0.25) is 0 Å². The van der Waals surface area contributed by atoms with Crippen molar-refractivity contribution in [3.8, 4) is 11.4 Å². The molecule has 1 heterocycles. The topological polar surface area (TPSA) is 50.8 Å². The number of benzene rings is 1. The van der Waals surface area contributed by atoms with Gasteiger partial charge in [-0.05, 0) is 6.92 Å². The Bertz CT molecular complexity index is 444. The van der Waals surface area contributed by atoms with Crippen LogP contribution < -0.4 is 0 Å². The van der Waals surface area contributed by atoms with Crippen LogP contribution in [0.2, 0.25) is 0 Å². The van der Waals surface area contributed by atoms with Crippen LogP contribution in [0.25, 0.3) is 11.4 Å². The Morgan fingerprint density at radius 3 is 2.82 bits per heavy atom. The first kappa shape index (κ1) is 12.1. The van der Waals surface area contributed by atoms with Gasteiger partial charge in [-0.2, -0.15) is 0 Å². The van der Waals surface area contributed by atoms with E-state index in [2.05, 4.69) is 15.2 Å². The van der Waals surface area contributed by atoms with Gasteiger partial charge >= 0.3 is 0 Å². The predicted molar refractivity (Wildman–Crippen MR) is 69.0 cm³/mol. The lowest BCUT2D eigenvalue weighted by Gasteiger charge is -1.98. The molecular weight excluding hydrogens is 234 g/mol. The SMILES string of the molecule is CCOCCSc1nnc(-c2ccccc2)[nH]1. The Labute approximate surface area is 105 Å². The number of nitrogens with zero attached hydrogens (tertiary/aromatic N) is 2. The summed E-state index contributed by atoms with van der Waals surface area (Å²) in [5, 5.41) is 9.05. The third-order valence-corrected chi connectivity index (χ3v) is 3.01. The molecule has 0 saturated heterocycles. The fourth-order valence-electron chi connectivity index (χ4n) is 1.38. The van der Waals surface area contributed by atoms with Crippen molar-refractivity contribution < 1.29 is 4.74 Å².